The van der Waals surface area contributed by atoms with Gasteiger partial charge in [0.25, 0.3) is 0 Å². The molecule has 5 aromatic carbocycles. The van der Waals surface area contributed by atoms with Crippen LogP contribution in [0.2, 0.25) is 0 Å². The lowest BCUT2D eigenvalue weighted by atomic mass is 9.84. The van der Waals surface area contributed by atoms with E-state index in [4.69, 9.17) is 0 Å². The Hall–Kier alpha value is -4.70. The number of benzene rings is 5. The second kappa shape index (κ2) is 12.2. The Kier molecular flexibility index (Phi) is 8.33. The minimum atomic E-state index is -0.162. The summed E-state index contributed by atoms with van der Waals surface area (Å²) < 4.78 is 0. The zero-order valence-corrected chi connectivity index (χ0v) is 28.0. The van der Waals surface area contributed by atoms with Crippen molar-refractivity contribution in [2.75, 3.05) is 10.6 Å². The van der Waals surface area contributed by atoms with Crippen LogP contribution in [0.25, 0.3) is 28.0 Å². The molecule has 0 aromatic heterocycles. The molecule has 0 spiro atoms. The summed E-state index contributed by atoms with van der Waals surface area (Å²) in [5.41, 5.74) is 10.2. The van der Waals surface area contributed by atoms with E-state index < -0.39 is 0 Å². The van der Waals surface area contributed by atoms with Crippen LogP contribution in [-0.2, 0) is 30.3 Å². The number of hydrogen-bond donors (Lipinski definition) is 4. The van der Waals surface area contributed by atoms with Crippen molar-refractivity contribution in [1.29, 1.82) is 0 Å². The Morgan fingerprint density at radius 1 is 0.609 bits per heavy atom. The van der Waals surface area contributed by atoms with Crippen LogP contribution in [0.1, 0.15) is 81.3 Å². The normalized spacial score (nSPS) is 13.1. The van der Waals surface area contributed by atoms with Crippen molar-refractivity contribution in [2.24, 2.45) is 0 Å². The predicted octanol–water partition coefficient (Wildman–Crippen LogP) is 10.7. The Labute approximate surface area is 273 Å². The van der Waals surface area contributed by atoms with Crippen molar-refractivity contribution in [2.45, 2.75) is 78.3 Å². The van der Waals surface area contributed by atoms with Gasteiger partial charge in [-0.2, -0.15) is 0 Å². The van der Waals surface area contributed by atoms with Crippen molar-refractivity contribution in [1.82, 2.24) is 0 Å². The fourth-order valence-electron chi connectivity index (χ4n) is 6.68. The first-order chi connectivity index (χ1) is 21.9. The number of aryl methyl sites for hydroxylation is 1. The topological polar surface area (TPSA) is 64.5 Å². The van der Waals surface area contributed by atoms with E-state index in [9.17, 15) is 10.2 Å². The number of hydrogen-bond acceptors (Lipinski definition) is 4. The van der Waals surface area contributed by atoms with E-state index in [1.807, 2.05) is 36.4 Å². The van der Waals surface area contributed by atoms with Gasteiger partial charge in [-0.15, -0.1) is 0 Å². The molecule has 0 saturated carbocycles. The molecule has 0 unspecified atom stereocenters. The lowest BCUT2D eigenvalue weighted by molar-refractivity contribution is 0.440. The van der Waals surface area contributed by atoms with Crippen molar-refractivity contribution in [3.8, 4) is 22.6 Å². The molecular formula is C42H46N2O2. The molecule has 1 aliphatic rings. The fourth-order valence-corrected chi connectivity index (χ4v) is 6.68. The largest absolute Gasteiger partial charge is 0.507 e. The Bertz CT molecular complexity index is 1940. The third-order valence-electron chi connectivity index (χ3n) is 9.17. The first-order valence-electron chi connectivity index (χ1n) is 16.4. The van der Waals surface area contributed by atoms with Crippen LogP contribution in [0.3, 0.4) is 0 Å². The van der Waals surface area contributed by atoms with Gasteiger partial charge >= 0.3 is 0 Å². The molecule has 0 aliphatic heterocycles. The van der Waals surface area contributed by atoms with Crippen molar-refractivity contribution >= 4 is 28.2 Å². The SMILES string of the molecule is CC(C)(C)c1cccc(CNc2ccc3c(c2-c2c(NCc4cccc(C(C)(C)C)c4O)ccc4ccccc24)C=CCC3)c1O. The number of allylic oxidation sites excluding steroid dienone is 1. The number of phenolic OH excluding ortho intramolecular Hbond substituents is 2. The van der Waals surface area contributed by atoms with Crippen molar-refractivity contribution in [3.63, 3.8) is 0 Å². The average Bonchev–Trinajstić information content (AvgIpc) is 3.02. The standard InChI is InChI=1S/C42H46N2O2/c1-41(2,3)33-19-11-15-29(39(33)45)25-43-35-23-21-27-13-7-9-17-31(27)37(35)38-32-18-10-8-14-28(32)22-24-36(38)44-26-30-16-12-20-34(40(30)46)42(4,5)6/h7,9-13,15-24,43-46H,8,14,25-26H2,1-6H3. The molecule has 1 aliphatic carbocycles. The molecule has 236 valence electrons. The first-order valence-corrected chi connectivity index (χ1v) is 16.4. The minimum Gasteiger partial charge on any atom is -0.507 e. The smallest absolute Gasteiger partial charge is 0.124 e. The summed E-state index contributed by atoms with van der Waals surface area (Å²) in [4.78, 5) is 0. The molecule has 4 N–H and O–H groups in total. The molecule has 6 rings (SSSR count). The molecule has 0 bridgehead atoms. The maximum atomic E-state index is 11.3. The summed E-state index contributed by atoms with van der Waals surface area (Å²) in [7, 11) is 0. The monoisotopic (exact) mass is 610 g/mol. The zero-order chi connectivity index (χ0) is 32.6. The van der Waals surface area contributed by atoms with Gasteiger partial charge in [-0.1, -0.05) is 126 Å². The van der Waals surface area contributed by atoms with Gasteiger partial charge in [0.05, 0.1) is 0 Å². The van der Waals surface area contributed by atoms with Gasteiger partial charge in [0.2, 0.25) is 0 Å². The summed E-state index contributed by atoms with van der Waals surface area (Å²) in [5, 5.41) is 32.3. The Balaban J connectivity index is 1.47. The number of fused-ring (bicyclic) bond motifs is 2. The quantitative estimate of drug-likeness (QED) is 0.148. The summed E-state index contributed by atoms with van der Waals surface area (Å²) >= 11 is 0. The van der Waals surface area contributed by atoms with Crippen LogP contribution >= 0.6 is 0 Å². The van der Waals surface area contributed by atoms with Crippen LogP contribution in [-0.4, -0.2) is 10.2 Å². The van der Waals surface area contributed by atoms with E-state index in [0.717, 1.165) is 63.0 Å². The second-order valence-electron chi connectivity index (χ2n) is 14.5. The number of rotatable bonds is 7. The molecular weight excluding hydrogens is 564 g/mol. The van der Waals surface area contributed by atoms with E-state index in [1.54, 1.807) is 0 Å². The third-order valence-corrected chi connectivity index (χ3v) is 9.17. The highest BCUT2D eigenvalue weighted by molar-refractivity contribution is 6.07. The van der Waals surface area contributed by atoms with Crippen molar-refractivity contribution in [3.05, 3.63) is 124 Å². The highest BCUT2D eigenvalue weighted by Gasteiger charge is 2.24. The van der Waals surface area contributed by atoms with Gasteiger partial charge in [-0.3, -0.25) is 0 Å². The van der Waals surface area contributed by atoms with Crippen LogP contribution < -0.4 is 10.6 Å². The molecule has 0 atom stereocenters. The van der Waals surface area contributed by atoms with Gasteiger partial charge in [-0.25, -0.2) is 0 Å². The van der Waals surface area contributed by atoms with Gasteiger partial charge < -0.3 is 20.8 Å². The molecule has 0 radical (unpaired) electrons. The molecule has 5 aromatic rings. The number of phenols is 2. The van der Waals surface area contributed by atoms with E-state index >= 15 is 0 Å². The molecule has 0 amide bonds. The Morgan fingerprint density at radius 3 is 1.78 bits per heavy atom. The lowest BCUT2D eigenvalue weighted by Gasteiger charge is -2.25. The van der Waals surface area contributed by atoms with E-state index in [-0.39, 0.29) is 10.8 Å². The molecule has 0 fully saturated rings. The molecule has 0 saturated heterocycles. The van der Waals surface area contributed by atoms with E-state index in [1.165, 1.54) is 16.5 Å². The molecule has 4 heteroatoms. The highest BCUT2D eigenvalue weighted by atomic mass is 16.3. The van der Waals surface area contributed by atoms with Gasteiger partial charge in [-0.05, 0) is 68.8 Å². The summed E-state index contributed by atoms with van der Waals surface area (Å²) in [6.07, 6.45) is 6.55. The maximum Gasteiger partial charge on any atom is 0.124 e. The highest BCUT2D eigenvalue weighted by Crippen LogP contribution is 2.45. The fraction of sp³-hybridized carbons (Fsp3) is 0.286. The molecule has 46 heavy (non-hydrogen) atoms. The first kappa shape index (κ1) is 31.3. The lowest BCUT2D eigenvalue weighted by Crippen LogP contribution is -2.13. The van der Waals surface area contributed by atoms with Gasteiger partial charge in [0, 0.05) is 46.7 Å². The van der Waals surface area contributed by atoms with E-state index in [2.05, 4.69) is 113 Å². The number of nitrogens with one attached hydrogen (secondary N) is 2. The van der Waals surface area contributed by atoms with Gasteiger partial charge in [0.15, 0.2) is 0 Å². The number of para-hydroxylation sites is 2. The summed E-state index contributed by atoms with van der Waals surface area (Å²) in [6.45, 7) is 13.7. The van der Waals surface area contributed by atoms with Crippen LogP contribution in [0.15, 0.2) is 91.0 Å². The van der Waals surface area contributed by atoms with Crippen molar-refractivity contribution < 1.29 is 10.2 Å². The maximum absolute atomic E-state index is 11.3. The van der Waals surface area contributed by atoms with Crippen LogP contribution in [0.5, 0.6) is 11.5 Å². The summed E-state index contributed by atoms with van der Waals surface area (Å²) in [6, 6.07) is 29.4. The number of anilines is 2. The van der Waals surface area contributed by atoms with E-state index in [0.29, 0.717) is 24.6 Å². The minimum absolute atomic E-state index is 0.160. The van der Waals surface area contributed by atoms with Gasteiger partial charge in [0.1, 0.15) is 11.5 Å². The molecule has 0 heterocycles. The number of aromatic hydroxyl groups is 2. The predicted molar refractivity (Wildman–Crippen MR) is 195 cm³/mol. The van der Waals surface area contributed by atoms with Crippen LogP contribution in [0, 0.1) is 0 Å². The van der Waals surface area contributed by atoms with Crippen LogP contribution in [0.4, 0.5) is 11.4 Å². The zero-order valence-electron chi connectivity index (χ0n) is 28.0. The average molecular weight is 611 g/mol. The Morgan fingerprint density at radius 2 is 1.17 bits per heavy atom. The second-order valence-corrected chi connectivity index (χ2v) is 14.5. The molecule has 4 nitrogen and oxygen atoms in total. The summed E-state index contributed by atoms with van der Waals surface area (Å²) in [5.74, 6) is 0.705. The third kappa shape index (κ3) is 6.09.